The first-order chi connectivity index (χ1) is 19.5. The molecule has 2 unspecified atom stereocenters. The Morgan fingerprint density at radius 1 is 1.07 bits per heavy atom. The summed E-state index contributed by atoms with van der Waals surface area (Å²) < 4.78 is 33.4. The van der Waals surface area contributed by atoms with Crippen molar-refractivity contribution in [3.63, 3.8) is 0 Å². The summed E-state index contributed by atoms with van der Waals surface area (Å²) in [5.74, 6) is -4.95. The fraction of sp³-hybridized carbons (Fsp3) is 0.444. The number of piperidine rings is 2. The summed E-state index contributed by atoms with van der Waals surface area (Å²) in [6, 6.07) is 10.4. The minimum Gasteiger partial charge on any atom is -0.465 e. The molecule has 6 N–H and O–H groups in total. The van der Waals surface area contributed by atoms with Gasteiger partial charge < -0.3 is 26.0 Å². The number of guanidine groups is 1. The summed E-state index contributed by atoms with van der Waals surface area (Å²) in [6.07, 6.45) is 0.977. The molecule has 13 nitrogen and oxygen atoms in total. The number of hydrogen-bond acceptors (Lipinski definition) is 8. The zero-order chi connectivity index (χ0) is 29.7. The maximum Gasteiger partial charge on any atom is 0.319 e. The van der Waals surface area contributed by atoms with E-state index >= 15 is 0 Å². The minimum absolute atomic E-state index is 0.0365. The zero-order valence-corrected chi connectivity index (χ0v) is 23.3. The van der Waals surface area contributed by atoms with Gasteiger partial charge in [0.25, 0.3) is 0 Å². The average molecular weight is 587 g/mol. The van der Waals surface area contributed by atoms with Crippen molar-refractivity contribution >= 4 is 50.3 Å². The van der Waals surface area contributed by atoms with E-state index in [1.165, 1.54) is 12.1 Å². The van der Waals surface area contributed by atoms with Crippen LogP contribution < -0.4 is 16.2 Å². The van der Waals surface area contributed by atoms with Crippen LogP contribution in [0.5, 0.6) is 0 Å². The monoisotopic (exact) mass is 586 g/mol. The highest BCUT2D eigenvalue weighted by Crippen LogP contribution is 2.25. The van der Waals surface area contributed by atoms with Crippen LogP contribution in [0, 0.1) is 17.2 Å². The number of esters is 1. The van der Waals surface area contributed by atoms with Gasteiger partial charge in [-0.1, -0.05) is 30.3 Å². The third kappa shape index (κ3) is 7.00. The molecular formula is C27H34N6O7S. The number of nitrogens with zero attached hydrogens (tertiary/aromatic N) is 2. The van der Waals surface area contributed by atoms with Crippen LogP contribution in [-0.2, 0) is 33.9 Å². The molecule has 0 radical (unpaired) electrons. The Labute approximate surface area is 237 Å². The maximum atomic E-state index is 13.1. The van der Waals surface area contributed by atoms with Gasteiger partial charge in [-0.25, -0.2) is 13.1 Å². The van der Waals surface area contributed by atoms with Crippen LogP contribution in [-0.4, -0.2) is 86.6 Å². The quantitative estimate of drug-likeness (QED) is 0.134. The Balaban J connectivity index is 1.37. The predicted molar refractivity (Wildman–Crippen MR) is 149 cm³/mol. The SMILES string of the molecule is N=C(N)N1CCC[C@H](COC(=O)C2C(=O)CCN(C(=O)CCNS(=O)(=O)c3ccc4ccccc4c3)C2C(N)=O)C1. The van der Waals surface area contributed by atoms with Gasteiger partial charge in [-0.2, -0.15) is 0 Å². The number of carbonyl (C=O) groups excluding carboxylic acids is 4. The number of hydrogen-bond donors (Lipinski definition) is 4. The second-order valence-electron chi connectivity index (χ2n) is 10.3. The van der Waals surface area contributed by atoms with Crippen LogP contribution in [0.2, 0.25) is 0 Å². The van der Waals surface area contributed by atoms with Gasteiger partial charge in [0.05, 0.1) is 11.5 Å². The maximum absolute atomic E-state index is 13.1. The van der Waals surface area contributed by atoms with Crippen molar-refractivity contribution in [2.24, 2.45) is 23.3 Å². The Morgan fingerprint density at radius 3 is 2.51 bits per heavy atom. The standard InChI is InChI=1S/C27H34N6O7S/c28-25(36)24-23(26(37)40-16-17-4-3-12-32(15-17)27(29)30)21(34)10-13-33(24)22(35)9-11-31-41(38,39)20-8-7-18-5-1-2-6-19(18)14-20/h1-2,5-8,14,17,23-24,31H,3-4,9-13,15-16H2,(H2,28,36)(H3,29,30)/t17-,23?,24?/m0/s1. The van der Waals surface area contributed by atoms with Gasteiger partial charge in [-0.15, -0.1) is 0 Å². The topological polar surface area (TPSA) is 206 Å². The molecule has 0 aromatic heterocycles. The van der Waals surface area contributed by atoms with Crippen LogP contribution in [0.15, 0.2) is 47.4 Å². The first kappa shape index (κ1) is 29.9. The highest BCUT2D eigenvalue weighted by Gasteiger charge is 2.47. The Hall–Kier alpha value is -4.04. The van der Waals surface area contributed by atoms with Crippen molar-refractivity contribution in [1.82, 2.24) is 14.5 Å². The number of carbonyl (C=O) groups is 4. The molecule has 0 aliphatic carbocycles. The summed E-state index contributed by atoms with van der Waals surface area (Å²) in [5.41, 5.74) is 11.1. The van der Waals surface area contributed by atoms with Crippen molar-refractivity contribution in [3.8, 4) is 0 Å². The Morgan fingerprint density at radius 2 is 1.80 bits per heavy atom. The van der Waals surface area contributed by atoms with Gasteiger partial charge in [0.1, 0.15) is 12.0 Å². The van der Waals surface area contributed by atoms with E-state index in [1.807, 2.05) is 12.1 Å². The summed E-state index contributed by atoms with van der Waals surface area (Å²) in [4.78, 5) is 53.9. The molecule has 2 aliphatic rings. The second-order valence-corrected chi connectivity index (χ2v) is 12.0. The molecule has 4 rings (SSSR count). The molecule has 14 heteroatoms. The summed E-state index contributed by atoms with van der Waals surface area (Å²) >= 11 is 0. The number of ether oxygens (including phenoxy) is 1. The molecule has 2 amide bonds. The van der Waals surface area contributed by atoms with E-state index in [0.29, 0.717) is 13.1 Å². The van der Waals surface area contributed by atoms with Gasteiger partial charge in [-0.3, -0.25) is 24.6 Å². The van der Waals surface area contributed by atoms with Crippen molar-refractivity contribution < 1.29 is 32.3 Å². The number of ketones is 1. The van der Waals surface area contributed by atoms with Crippen molar-refractivity contribution in [2.45, 2.75) is 36.6 Å². The normalized spacial score (nSPS) is 21.5. The van der Waals surface area contributed by atoms with E-state index in [1.54, 1.807) is 23.1 Å². The molecule has 2 aliphatic heterocycles. The van der Waals surface area contributed by atoms with E-state index in [0.717, 1.165) is 28.5 Å². The molecule has 41 heavy (non-hydrogen) atoms. The lowest BCUT2D eigenvalue weighted by atomic mass is 9.87. The lowest BCUT2D eigenvalue weighted by Gasteiger charge is -2.38. The van der Waals surface area contributed by atoms with Crippen LogP contribution in [0.25, 0.3) is 10.8 Å². The molecule has 0 spiro atoms. The van der Waals surface area contributed by atoms with Gasteiger partial charge in [0, 0.05) is 44.9 Å². The molecule has 2 fully saturated rings. The third-order valence-corrected chi connectivity index (χ3v) is 8.91. The number of benzene rings is 2. The van der Waals surface area contributed by atoms with E-state index in [-0.39, 0.29) is 49.3 Å². The number of amides is 2. The van der Waals surface area contributed by atoms with E-state index < -0.39 is 45.5 Å². The number of nitrogens with two attached hydrogens (primary N) is 2. The molecule has 0 bridgehead atoms. The molecule has 220 valence electrons. The fourth-order valence-electron chi connectivity index (χ4n) is 5.30. The lowest BCUT2D eigenvalue weighted by Crippen LogP contribution is -2.60. The molecule has 0 saturated carbocycles. The number of Topliss-reactive ketones (excluding diaryl/α,β-unsaturated/α-hetero) is 1. The van der Waals surface area contributed by atoms with E-state index in [4.69, 9.17) is 21.6 Å². The smallest absolute Gasteiger partial charge is 0.319 e. The fourth-order valence-corrected chi connectivity index (χ4v) is 6.37. The highest BCUT2D eigenvalue weighted by molar-refractivity contribution is 7.89. The number of likely N-dealkylation sites (tertiary alicyclic amines) is 2. The predicted octanol–water partition coefficient (Wildman–Crippen LogP) is -0.0716. The lowest BCUT2D eigenvalue weighted by molar-refractivity contribution is -0.163. The average Bonchev–Trinajstić information content (AvgIpc) is 2.95. The van der Waals surface area contributed by atoms with Crippen LogP contribution in [0.4, 0.5) is 0 Å². The van der Waals surface area contributed by atoms with Gasteiger partial charge in [-0.05, 0) is 35.7 Å². The van der Waals surface area contributed by atoms with E-state index in [9.17, 15) is 27.6 Å². The molecule has 2 saturated heterocycles. The van der Waals surface area contributed by atoms with Crippen molar-refractivity contribution in [2.75, 3.05) is 32.8 Å². The number of rotatable bonds is 9. The summed E-state index contributed by atoms with van der Waals surface area (Å²) in [6.45, 7) is 0.596. The molecule has 2 heterocycles. The Kier molecular flexibility index (Phi) is 9.23. The number of primary amides is 1. The Bertz CT molecular complexity index is 1460. The minimum atomic E-state index is -3.93. The number of sulfonamides is 1. The van der Waals surface area contributed by atoms with Crippen molar-refractivity contribution in [1.29, 1.82) is 5.41 Å². The van der Waals surface area contributed by atoms with Crippen molar-refractivity contribution in [3.05, 3.63) is 42.5 Å². The van der Waals surface area contributed by atoms with Crippen LogP contribution >= 0.6 is 0 Å². The molecular weight excluding hydrogens is 552 g/mol. The number of fused-ring (bicyclic) bond motifs is 1. The molecule has 2 aromatic rings. The molecule has 3 atom stereocenters. The molecule has 2 aromatic carbocycles. The van der Waals surface area contributed by atoms with Gasteiger partial charge in [0.15, 0.2) is 11.7 Å². The van der Waals surface area contributed by atoms with Crippen LogP contribution in [0.3, 0.4) is 0 Å². The highest BCUT2D eigenvalue weighted by atomic mass is 32.2. The largest absolute Gasteiger partial charge is 0.465 e. The summed E-state index contributed by atoms with van der Waals surface area (Å²) in [5, 5.41) is 9.22. The van der Waals surface area contributed by atoms with Crippen LogP contribution in [0.1, 0.15) is 25.7 Å². The van der Waals surface area contributed by atoms with Gasteiger partial charge in [0.2, 0.25) is 21.8 Å². The second kappa shape index (κ2) is 12.6. The van der Waals surface area contributed by atoms with E-state index in [2.05, 4.69) is 4.72 Å². The zero-order valence-electron chi connectivity index (χ0n) is 22.5. The first-order valence-electron chi connectivity index (χ1n) is 13.3. The first-order valence-corrected chi connectivity index (χ1v) is 14.8. The summed E-state index contributed by atoms with van der Waals surface area (Å²) in [7, 11) is -3.93. The third-order valence-electron chi connectivity index (χ3n) is 7.45. The number of nitrogens with one attached hydrogen (secondary N) is 2. The van der Waals surface area contributed by atoms with Gasteiger partial charge >= 0.3 is 5.97 Å².